The average molecular weight is 406 g/mol. The van der Waals surface area contributed by atoms with Crippen LogP contribution in [0.15, 0.2) is 0 Å². The number of hydrogen-bond acceptors (Lipinski definition) is 4. The molecule has 0 aromatic carbocycles. The predicted molar refractivity (Wildman–Crippen MR) is 119 cm³/mol. The maximum absolute atomic E-state index is 11.5. The van der Waals surface area contributed by atoms with E-state index < -0.39 is 0 Å². The van der Waals surface area contributed by atoms with Crippen LogP contribution in [0, 0.1) is 35.5 Å². The maximum atomic E-state index is 11.5. The zero-order valence-corrected chi connectivity index (χ0v) is 18.1. The van der Waals surface area contributed by atoms with Gasteiger partial charge < -0.3 is 15.2 Å². The lowest BCUT2D eigenvalue weighted by atomic mass is 10.1. The number of aliphatic hydroxyl groups is 1. The number of rotatable bonds is 14. The van der Waals surface area contributed by atoms with Crippen LogP contribution < -0.4 is 5.32 Å². The highest BCUT2D eigenvalue weighted by atomic mass is 32.2. The summed E-state index contributed by atoms with van der Waals surface area (Å²) in [5.74, 6) is 19.3. The third-order valence-electron chi connectivity index (χ3n) is 3.60. The first kappa shape index (κ1) is 26.4. The van der Waals surface area contributed by atoms with Crippen molar-refractivity contribution < 1.29 is 14.6 Å². The van der Waals surface area contributed by atoms with Gasteiger partial charge in [0.2, 0.25) is 5.91 Å². The Labute approximate surface area is 176 Å². The van der Waals surface area contributed by atoms with Crippen molar-refractivity contribution in [1.29, 1.82) is 0 Å². The Bertz CT molecular complexity index is 558. The van der Waals surface area contributed by atoms with Crippen LogP contribution >= 0.6 is 11.8 Å². The Hall–Kier alpha value is -1.58. The topological polar surface area (TPSA) is 58.6 Å². The Morgan fingerprint density at radius 1 is 0.929 bits per heavy atom. The van der Waals surface area contributed by atoms with E-state index in [4.69, 9.17) is 9.84 Å². The molecule has 0 radical (unpaired) electrons. The fraction of sp³-hybridized carbons (Fsp3) is 0.696. The predicted octanol–water partition coefficient (Wildman–Crippen LogP) is 3.39. The Balaban J connectivity index is 3.48. The van der Waals surface area contributed by atoms with Gasteiger partial charge in [0.25, 0.3) is 0 Å². The van der Waals surface area contributed by atoms with E-state index in [2.05, 4.69) is 47.8 Å². The van der Waals surface area contributed by atoms with Crippen LogP contribution in [0.1, 0.15) is 64.7 Å². The van der Waals surface area contributed by atoms with Crippen molar-refractivity contribution in [2.24, 2.45) is 0 Å². The number of ether oxygens (including phenoxy) is 1. The molecule has 0 saturated carbocycles. The van der Waals surface area contributed by atoms with Crippen LogP contribution in [0.4, 0.5) is 0 Å². The highest BCUT2D eigenvalue weighted by Crippen LogP contribution is 2.06. The number of thioether (sulfide) groups is 1. The number of nitrogens with one attached hydrogen (secondary N) is 1. The second-order valence-electron chi connectivity index (χ2n) is 6.11. The number of amides is 1. The van der Waals surface area contributed by atoms with Gasteiger partial charge in [-0.1, -0.05) is 68.6 Å². The normalized spacial score (nSPS) is 9.36. The number of carbonyl (C=O) groups excluding carboxylic acids is 1. The molecule has 0 aliphatic carbocycles. The molecule has 0 atom stereocenters. The van der Waals surface area contributed by atoms with Gasteiger partial charge in [0.15, 0.2) is 0 Å². The number of carbonyl (C=O) groups is 1. The lowest BCUT2D eigenvalue weighted by molar-refractivity contribution is -0.118. The van der Waals surface area contributed by atoms with E-state index in [1.807, 2.05) is 0 Å². The van der Waals surface area contributed by atoms with Crippen LogP contribution in [-0.4, -0.2) is 48.9 Å². The largest absolute Gasteiger partial charge is 0.394 e. The van der Waals surface area contributed by atoms with Gasteiger partial charge >= 0.3 is 0 Å². The molecule has 28 heavy (non-hydrogen) atoms. The highest BCUT2D eigenvalue weighted by molar-refractivity contribution is 8.00. The second-order valence-corrected chi connectivity index (χ2v) is 7.10. The Kier molecular flexibility index (Phi) is 22.1. The smallest absolute Gasteiger partial charge is 0.230 e. The standard InChI is InChI=1S/C23H35NO3S/c1-2-3-4-5-6-7-8-9-10-11-12-13-14-15-16-21-28-22-23(26)24-17-19-27-20-18-25/h25H,2-8,11,14,17-22H2,1H3,(H,24,26). The monoisotopic (exact) mass is 405 g/mol. The summed E-state index contributed by atoms with van der Waals surface area (Å²) in [7, 11) is 0. The van der Waals surface area contributed by atoms with Gasteiger partial charge in [-0.05, 0) is 6.42 Å². The van der Waals surface area contributed by atoms with Gasteiger partial charge in [-0.15, -0.1) is 17.7 Å². The molecular weight excluding hydrogens is 370 g/mol. The SMILES string of the molecule is CCCCCCCCC#CCC#CCC#CCSCC(=O)NCCOCCO. The van der Waals surface area contributed by atoms with E-state index in [0.29, 0.717) is 44.1 Å². The molecule has 4 nitrogen and oxygen atoms in total. The van der Waals surface area contributed by atoms with Gasteiger partial charge in [0, 0.05) is 13.0 Å². The van der Waals surface area contributed by atoms with Crippen molar-refractivity contribution in [3.05, 3.63) is 0 Å². The molecule has 0 saturated heterocycles. The van der Waals surface area contributed by atoms with Gasteiger partial charge in [0.05, 0.1) is 44.2 Å². The lowest BCUT2D eigenvalue weighted by Crippen LogP contribution is -2.29. The summed E-state index contributed by atoms with van der Waals surface area (Å²) in [5.41, 5.74) is 0. The fourth-order valence-electron chi connectivity index (χ4n) is 2.15. The molecular formula is C23H35NO3S. The molecule has 0 aromatic heterocycles. The molecule has 0 aromatic rings. The molecule has 5 heteroatoms. The summed E-state index contributed by atoms with van der Waals surface area (Å²) in [5, 5.41) is 11.3. The zero-order valence-electron chi connectivity index (χ0n) is 17.3. The molecule has 156 valence electrons. The Morgan fingerprint density at radius 2 is 1.61 bits per heavy atom. The highest BCUT2D eigenvalue weighted by Gasteiger charge is 1.99. The van der Waals surface area contributed by atoms with E-state index in [1.54, 1.807) is 0 Å². The van der Waals surface area contributed by atoms with Crippen molar-refractivity contribution >= 4 is 17.7 Å². The zero-order chi connectivity index (χ0) is 20.5. The van der Waals surface area contributed by atoms with Crippen molar-refractivity contribution in [1.82, 2.24) is 5.32 Å². The fourth-order valence-corrected chi connectivity index (χ4v) is 2.74. The summed E-state index contributed by atoms with van der Waals surface area (Å²) in [6, 6.07) is 0. The van der Waals surface area contributed by atoms with E-state index in [-0.39, 0.29) is 12.5 Å². The van der Waals surface area contributed by atoms with Gasteiger partial charge in [-0.3, -0.25) is 4.79 Å². The second kappa shape index (κ2) is 23.5. The van der Waals surface area contributed by atoms with Crippen molar-refractivity contribution in [3.8, 4) is 35.5 Å². The van der Waals surface area contributed by atoms with Crippen LogP contribution in [-0.2, 0) is 9.53 Å². The first-order chi connectivity index (χ1) is 13.8. The van der Waals surface area contributed by atoms with E-state index >= 15 is 0 Å². The van der Waals surface area contributed by atoms with Crippen molar-refractivity contribution in [2.45, 2.75) is 64.7 Å². The number of unbranched alkanes of at least 4 members (excludes halogenated alkanes) is 6. The third-order valence-corrected chi connectivity index (χ3v) is 4.41. The molecule has 0 fully saturated rings. The Morgan fingerprint density at radius 3 is 2.36 bits per heavy atom. The van der Waals surface area contributed by atoms with Crippen LogP contribution in [0.25, 0.3) is 0 Å². The summed E-state index contributed by atoms with van der Waals surface area (Å²) in [6.45, 7) is 3.41. The minimum Gasteiger partial charge on any atom is -0.394 e. The minimum atomic E-state index is -0.0290. The molecule has 0 spiro atoms. The molecule has 2 N–H and O–H groups in total. The third kappa shape index (κ3) is 22.5. The quantitative estimate of drug-likeness (QED) is 0.344. The molecule has 0 heterocycles. The first-order valence-electron chi connectivity index (χ1n) is 10.2. The molecule has 1 amide bonds. The molecule has 0 aliphatic heterocycles. The molecule has 0 unspecified atom stereocenters. The van der Waals surface area contributed by atoms with Gasteiger partial charge in [0.1, 0.15) is 0 Å². The summed E-state index contributed by atoms with van der Waals surface area (Å²) >= 11 is 1.48. The van der Waals surface area contributed by atoms with Crippen molar-refractivity contribution in [2.75, 3.05) is 37.9 Å². The molecule has 0 aliphatic rings. The number of aliphatic hydroxyl groups excluding tert-OH is 1. The molecule has 0 bridgehead atoms. The van der Waals surface area contributed by atoms with E-state index in [0.717, 1.165) is 6.42 Å². The number of hydrogen-bond donors (Lipinski definition) is 2. The van der Waals surface area contributed by atoms with Crippen LogP contribution in [0.5, 0.6) is 0 Å². The van der Waals surface area contributed by atoms with E-state index in [9.17, 15) is 4.79 Å². The minimum absolute atomic E-state index is 0.000496. The van der Waals surface area contributed by atoms with Crippen molar-refractivity contribution in [3.63, 3.8) is 0 Å². The first-order valence-corrected chi connectivity index (χ1v) is 11.4. The van der Waals surface area contributed by atoms with Crippen LogP contribution in [0.2, 0.25) is 0 Å². The lowest BCUT2D eigenvalue weighted by Gasteiger charge is -2.04. The van der Waals surface area contributed by atoms with Gasteiger partial charge in [-0.25, -0.2) is 0 Å². The summed E-state index contributed by atoms with van der Waals surface area (Å²) in [4.78, 5) is 11.5. The molecule has 0 rings (SSSR count). The summed E-state index contributed by atoms with van der Waals surface area (Å²) in [6.07, 6.45) is 9.96. The maximum Gasteiger partial charge on any atom is 0.230 e. The van der Waals surface area contributed by atoms with Gasteiger partial charge in [-0.2, -0.15) is 0 Å². The average Bonchev–Trinajstić information content (AvgIpc) is 2.70. The van der Waals surface area contributed by atoms with E-state index in [1.165, 1.54) is 50.3 Å². The summed E-state index contributed by atoms with van der Waals surface area (Å²) < 4.78 is 5.06. The van der Waals surface area contributed by atoms with Crippen LogP contribution in [0.3, 0.4) is 0 Å².